The topological polar surface area (TPSA) is 58.4 Å². The Morgan fingerprint density at radius 3 is 2.21 bits per heavy atom. The number of rotatable bonds is 3. The summed E-state index contributed by atoms with van der Waals surface area (Å²) in [4.78, 5) is 13.0. The zero-order valence-corrected chi connectivity index (χ0v) is 12.8. The SMILES string of the molecule is CC1CCCC(C)N1NC(=O)C1(C(N)=S)CCCC1. The second-order valence-electron chi connectivity index (χ2n) is 6.13. The lowest BCUT2D eigenvalue weighted by Crippen LogP contribution is -2.59. The van der Waals surface area contributed by atoms with E-state index in [-0.39, 0.29) is 5.91 Å². The molecule has 1 aliphatic carbocycles. The Kier molecular flexibility index (Phi) is 4.46. The van der Waals surface area contributed by atoms with E-state index in [1.807, 2.05) is 0 Å². The van der Waals surface area contributed by atoms with Crippen molar-refractivity contribution in [2.45, 2.75) is 70.9 Å². The quantitative estimate of drug-likeness (QED) is 0.779. The summed E-state index contributed by atoms with van der Waals surface area (Å²) in [5.74, 6) is 0.0121. The van der Waals surface area contributed by atoms with E-state index in [1.165, 1.54) is 6.42 Å². The maximum atomic E-state index is 12.6. The third kappa shape index (κ3) is 2.77. The van der Waals surface area contributed by atoms with Crippen molar-refractivity contribution in [1.82, 2.24) is 10.4 Å². The minimum Gasteiger partial charge on any atom is -0.392 e. The van der Waals surface area contributed by atoms with E-state index in [2.05, 4.69) is 24.3 Å². The number of hydrogen-bond donors (Lipinski definition) is 2. The number of nitrogens with two attached hydrogens (primary N) is 1. The first kappa shape index (κ1) is 14.7. The summed E-state index contributed by atoms with van der Waals surface area (Å²) in [7, 11) is 0. The van der Waals surface area contributed by atoms with Crippen LogP contribution < -0.4 is 11.2 Å². The molecule has 0 spiro atoms. The van der Waals surface area contributed by atoms with Gasteiger partial charge >= 0.3 is 0 Å². The van der Waals surface area contributed by atoms with Crippen LogP contribution in [0.5, 0.6) is 0 Å². The number of thiocarbonyl (C=S) groups is 1. The average Bonchev–Trinajstić information content (AvgIpc) is 2.84. The predicted molar refractivity (Wildman–Crippen MR) is 80.4 cm³/mol. The fraction of sp³-hybridized carbons (Fsp3) is 0.857. The van der Waals surface area contributed by atoms with Gasteiger partial charge in [0.15, 0.2) is 0 Å². The molecule has 1 saturated heterocycles. The van der Waals surface area contributed by atoms with Gasteiger partial charge in [-0.25, -0.2) is 5.01 Å². The van der Waals surface area contributed by atoms with Crippen LogP contribution in [0.15, 0.2) is 0 Å². The Morgan fingerprint density at radius 2 is 1.74 bits per heavy atom. The highest BCUT2D eigenvalue weighted by molar-refractivity contribution is 7.80. The van der Waals surface area contributed by atoms with E-state index in [0.717, 1.165) is 38.5 Å². The van der Waals surface area contributed by atoms with Crippen molar-refractivity contribution >= 4 is 23.1 Å². The Hall–Kier alpha value is -0.680. The van der Waals surface area contributed by atoms with Gasteiger partial charge in [-0.15, -0.1) is 0 Å². The molecule has 2 aliphatic rings. The van der Waals surface area contributed by atoms with Gasteiger partial charge in [-0.3, -0.25) is 10.2 Å². The molecule has 5 heteroatoms. The molecule has 108 valence electrons. The summed E-state index contributed by atoms with van der Waals surface area (Å²) in [6, 6.07) is 0.773. The van der Waals surface area contributed by atoms with Crippen LogP contribution in [0, 0.1) is 5.41 Å². The number of carbonyl (C=O) groups excluding carboxylic acids is 1. The van der Waals surface area contributed by atoms with Crippen molar-refractivity contribution in [3.8, 4) is 0 Å². The smallest absolute Gasteiger partial charge is 0.247 e. The highest BCUT2D eigenvalue weighted by Gasteiger charge is 2.45. The van der Waals surface area contributed by atoms with Crippen LogP contribution in [0.4, 0.5) is 0 Å². The summed E-state index contributed by atoms with van der Waals surface area (Å²) < 4.78 is 0. The second-order valence-corrected chi connectivity index (χ2v) is 6.57. The van der Waals surface area contributed by atoms with Crippen molar-refractivity contribution < 1.29 is 4.79 Å². The van der Waals surface area contributed by atoms with Gasteiger partial charge in [0.25, 0.3) is 0 Å². The molecule has 0 bridgehead atoms. The van der Waals surface area contributed by atoms with Gasteiger partial charge in [0, 0.05) is 12.1 Å². The summed E-state index contributed by atoms with van der Waals surface area (Å²) in [6.45, 7) is 4.33. The molecule has 2 rings (SSSR count). The number of carbonyl (C=O) groups is 1. The molecule has 2 fully saturated rings. The van der Waals surface area contributed by atoms with Crippen molar-refractivity contribution in [2.75, 3.05) is 0 Å². The predicted octanol–water partition coefficient (Wildman–Crippen LogP) is 2.13. The summed E-state index contributed by atoms with van der Waals surface area (Å²) in [5.41, 5.74) is 8.36. The second kappa shape index (κ2) is 5.75. The maximum Gasteiger partial charge on any atom is 0.247 e. The molecular weight excluding hydrogens is 258 g/mol. The minimum atomic E-state index is -0.605. The van der Waals surface area contributed by atoms with Crippen LogP contribution in [0.3, 0.4) is 0 Å². The van der Waals surface area contributed by atoms with E-state index in [1.54, 1.807) is 0 Å². The maximum absolute atomic E-state index is 12.6. The van der Waals surface area contributed by atoms with Crippen LogP contribution in [0.25, 0.3) is 0 Å². The fourth-order valence-electron chi connectivity index (χ4n) is 3.43. The van der Waals surface area contributed by atoms with Crippen LogP contribution in [-0.4, -0.2) is 28.0 Å². The number of piperidine rings is 1. The van der Waals surface area contributed by atoms with Crippen LogP contribution in [0.1, 0.15) is 58.8 Å². The van der Waals surface area contributed by atoms with E-state index in [4.69, 9.17) is 18.0 Å². The fourth-order valence-corrected chi connectivity index (χ4v) is 3.73. The van der Waals surface area contributed by atoms with E-state index >= 15 is 0 Å². The average molecular weight is 283 g/mol. The van der Waals surface area contributed by atoms with Gasteiger partial charge in [-0.2, -0.15) is 0 Å². The molecule has 19 heavy (non-hydrogen) atoms. The first-order valence-corrected chi connectivity index (χ1v) is 7.77. The Bertz CT molecular complexity index is 356. The molecule has 2 atom stereocenters. The standard InChI is InChI=1S/C14H25N3OS/c1-10-6-5-7-11(2)17(10)16-13(18)14(12(15)19)8-3-4-9-14/h10-11H,3-9H2,1-2H3,(H2,15,19)(H,16,18). The highest BCUT2D eigenvalue weighted by atomic mass is 32.1. The molecule has 0 aromatic rings. The number of nitrogens with zero attached hydrogens (tertiary/aromatic N) is 1. The third-order valence-electron chi connectivity index (χ3n) is 4.79. The van der Waals surface area contributed by atoms with Gasteiger partial charge in [0.05, 0.1) is 4.99 Å². The zero-order chi connectivity index (χ0) is 14.0. The largest absolute Gasteiger partial charge is 0.392 e. The first-order valence-electron chi connectivity index (χ1n) is 7.37. The van der Waals surface area contributed by atoms with Gasteiger partial charge < -0.3 is 5.73 Å². The minimum absolute atomic E-state index is 0.0121. The molecule has 1 aliphatic heterocycles. The van der Waals surface area contributed by atoms with E-state index in [0.29, 0.717) is 17.1 Å². The van der Waals surface area contributed by atoms with Crippen LogP contribution >= 0.6 is 12.2 Å². The normalized spacial score (nSPS) is 31.1. The number of nitrogens with one attached hydrogen (secondary N) is 1. The lowest BCUT2D eigenvalue weighted by atomic mass is 9.85. The number of amides is 1. The summed E-state index contributed by atoms with van der Waals surface area (Å²) in [5, 5.41) is 2.10. The zero-order valence-electron chi connectivity index (χ0n) is 11.9. The van der Waals surface area contributed by atoms with Crippen molar-refractivity contribution in [2.24, 2.45) is 11.1 Å². The molecule has 3 N–H and O–H groups in total. The van der Waals surface area contributed by atoms with Crippen molar-refractivity contribution in [3.05, 3.63) is 0 Å². The molecule has 1 heterocycles. The molecule has 0 aromatic heterocycles. The van der Waals surface area contributed by atoms with Gasteiger partial charge in [-0.05, 0) is 39.5 Å². The van der Waals surface area contributed by atoms with E-state index < -0.39 is 5.41 Å². The van der Waals surface area contributed by atoms with Crippen LogP contribution in [-0.2, 0) is 4.79 Å². The van der Waals surface area contributed by atoms with E-state index in [9.17, 15) is 4.79 Å². The molecular formula is C14H25N3OS. The Morgan fingerprint density at radius 1 is 1.21 bits per heavy atom. The summed E-state index contributed by atoms with van der Waals surface area (Å²) in [6.07, 6.45) is 7.16. The Labute approximate surface area is 121 Å². The first-order chi connectivity index (χ1) is 8.97. The van der Waals surface area contributed by atoms with Crippen LogP contribution in [0.2, 0.25) is 0 Å². The van der Waals surface area contributed by atoms with Crippen molar-refractivity contribution in [3.63, 3.8) is 0 Å². The molecule has 0 radical (unpaired) electrons. The molecule has 1 saturated carbocycles. The van der Waals surface area contributed by atoms with Gasteiger partial charge in [0.2, 0.25) is 5.91 Å². The monoisotopic (exact) mass is 283 g/mol. The third-order valence-corrected chi connectivity index (χ3v) is 5.18. The van der Waals surface area contributed by atoms with Gasteiger partial charge in [-0.1, -0.05) is 31.5 Å². The molecule has 1 amide bonds. The Balaban J connectivity index is 2.08. The van der Waals surface area contributed by atoms with Crippen molar-refractivity contribution in [1.29, 1.82) is 0 Å². The summed E-state index contributed by atoms with van der Waals surface area (Å²) >= 11 is 5.17. The lowest BCUT2D eigenvalue weighted by molar-refractivity contribution is -0.135. The molecule has 0 aromatic carbocycles. The highest BCUT2D eigenvalue weighted by Crippen LogP contribution is 2.39. The number of hydrogen-bond acceptors (Lipinski definition) is 3. The molecule has 2 unspecified atom stereocenters. The number of hydrazine groups is 1. The molecule has 4 nitrogen and oxygen atoms in total. The van der Waals surface area contributed by atoms with Gasteiger partial charge in [0.1, 0.15) is 5.41 Å². The lowest BCUT2D eigenvalue weighted by Gasteiger charge is -2.41.